The summed E-state index contributed by atoms with van der Waals surface area (Å²) in [5.41, 5.74) is 4.84. The molecule has 4 rings (SSSR count). The first kappa shape index (κ1) is 15.6. The number of anilines is 1. The summed E-state index contributed by atoms with van der Waals surface area (Å²) in [7, 11) is 0. The lowest BCUT2D eigenvalue weighted by Crippen LogP contribution is -2.13. The van der Waals surface area contributed by atoms with Crippen molar-refractivity contribution in [3.05, 3.63) is 83.2 Å². The summed E-state index contributed by atoms with van der Waals surface area (Å²) < 4.78 is 1.86. The van der Waals surface area contributed by atoms with Crippen LogP contribution in [0.25, 0.3) is 0 Å². The van der Waals surface area contributed by atoms with E-state index in [9.17, 15) is 4.79 Å². The smallest absolute Gasteiger partial charge is 0.259 e. The van der Waals surface area contributed by atoms with E-state index >= 15 is 0 Å². The van der Waals surface area contributed by atoms with Gasteiger partial charge >= 0.3 is 0 Å². The van der Waals surface area contributed by atoms with Crippen LogP contribution in [0.3, 0.4) is 0 Å². The van der Waals surface area contributed by atoms with Gasteiger partial charge in [-0.25, -0.2) is 0 Å². The van der Waals surface area contributed by atoms with Gasteiger partial charge in [-0.15, -0.1) is 0 Å². The van der Waals surface area contributed by atoms with Crippen LogP contribution in [0.2, 0.25) is 0 Å². The van der Waals surface area contributed by atoms with Gasteiger partial charge in [0.2, 0.25) is 0 Å². The summed E-state index contributed by atoms with van der Waals surface area (Å²) in [6.45, 7) is 2.59. The Morgan fingerprint density at radius 1 is 1.12 bits per heavy atom. The molecule has 1 aliphatic rings. The Hall–Kier alpha value is -2.88. The van der Waals surface area contributed by atoms with Crippen LogP contribution in [0.5, 0.6) is 0 Å². The van der Waals surface area contributed by atoms with Gasteiger partial charge in [0, 0.05) is 11.4 Å². The van der Waals surface area contributed by atoms with E-state index in [1.807, 2.05) is 41.9 Å². The van der Waals surface area contributed by atoms with Gasteiger partial charge in [0.05, 0.1) is 18.3 Å². The number of hydrogen-bond acceptors (Lipinski definition) is 2. The lowest BCUT2D eigenvalue weighted by Gasteiger charge is -2.07. The van der Waals surface area contributed by atoms with E-state index in [0.717, 1.165) is 22.9 Å². The number of nitrogens with one attached hydrogen (secondary N) is 1. The average Bonchev–Trinajstić information content (AvgIpc) is 3.42. The maximum atomic E-state index is 12.6. The first-order valence-electron chi connectivity index (χ1n) is 8.68. The second-order valence-corrected chi connectivity index (χ2v) is 6.64. The molecule has 4 nitrogen and oxygen atoms in total. The first-order chi connectivity index (χ1) is 12.2. The third-order valence-electron chi connectivity index (χ3n) is 4.74. The molecule has 3 aromatic rings. The van der Waals surface area contributed by atoms with Crippen molar-refractivity contribution >= 4 is 11.6 Å². The highest BCUT2D eigenvalue weighted by Crippen LogP contribution is 2.40. The molecular weight excluding hydrogens is 310 g/mol. The maximum absolute atomic E-state index is 12.6. The number of amides is 1. The zero-order valence-electron chi connectivity index (χ0n) is 14.3. The van der Waals surface area contributed by atoms with Crippen molar-refractivity contribution in [3.63, 3.8) is 0 Å². The van der Waals surface area contributed by atoms with Gasteiger partial charge in [0.1, 0.15) is 0 Å². The molecule has 1 N–H and O–H groups in total. The highest BCUT2D eigenvalue weighted by atomic mass is 16.1. The molecule has 0 spiro atoms. The predicted molar refractivity (Wildman–Crippen MR) is 98.9 cm³/mol. The second-order valence-electron chi connectivity index (χ2n) is 6.64. The fourth-order valence-electron chi connectivity index (χ4n) is 3.04. The zero-order chi connectivity index (χ0) is 17.2. The molecule has 0 radical (unpaired) electrons. The lowest BCUT2D eigenvalue weighted by atomic mass is 10.1. The largest absolute Gasteiger partial charge is 0.322 e. The third-order valence-corrected chi connectivity index (χ3v) is 4.74. The highest BCUT2D eigenvalue weighted by molar-refractivity contribution is 6.04. The second kappa shape index (κ2) is 6.55. The van der Waals surface area contributed by atoms with E-state index in [0.29, 0.717) is 12.1 Å². The Morgan fingerprint density at radius 2 is 1.84 bits per heavy atom. The molecule has 1 aliphatic carbocycles. The van der Waals surface area contributed by atoms with Gasteiger partial charge < -0.3 is 5.32 Å². The van der Waals surface area contributed by atoms with Crippen molar-refractivity contribution in [2.45, 2.75) is 32.2 Å². The average molecular weight is 331 g/mol. The van der Waals surface area contributed by atoms with Crippen LogP contribution in [0.1, 0.15) is 45.9 Å². The molecule has 0 unspecified atom stereocenters. The summed E-state index contributed by atoms with van der Waals surface area (Å²) in [6, 6.07) is 18.3. The van der Waals surface area contributed by atoms with Crippen LogP contribution in [-0.2, 0) is 6.54 Å². The SMILES string of the molecule is Cc1c(C(=O)Nc2ccc(C3CC3)cc2)cnn1Cc1ccccc1. The molecule has 25 heavy (non-hydrogen) atoms. The molecule has 0 atom stereocenters. The van der Waals surface area contributed by atoms with E-state index < -0.39 is 0 Å². The molecule has 2 aromatic carbocycles. The number of hydrogen-bond donors (Lipinski definition) is 1. The fraction of sp³-hybridized carbons (Fsp3) is 0.238. The van der Waals surface area contributed by atoms with Gasteiger partial charge in [-0.3, -0.25) is 9.48 Å². The van der Waals surface area contributed by atoms with Crippen LogP contribution in [0.15, 0.2) is 60.8 Å². The van der Waals surface area contributed by atoms with E-state index in [4.69, 9.17) is 0 Å². The van der Waals surface area contributed by atoms with Crippen molar-refractivity contribution < 1.29 is 4.79 Å². The fourth-order valence-corrected chi connectivity index (χ4v) is 3.04. The molecule has 1 fully saturated rings. The number of carbonyl (C=O) groups is 1. The van der Waals surface area contributed by atoms with Gasteiger partial charge in [0.15, 0.2) is 0 Å². The Bertz CT molecular complexity index is 877. The Balaban J connectivity index is 1.46. The van der Waals surface area contributed by atoms with E-state index in [1.165, 1.54) is 18.4 Å². The minimum atomic E-state index is -0.115. The van der Waals surface area contributed by atoms with Crippen LogP contribution in [-0.4, -0.2) is 15.7 Å². The Labute approximate surface area is 147 Å². The van der Waals surface area contributed by atoms with Crippen molar-refractivity contribution in [2.75, 3.05) is 5.32 Å². The van der Waals surface area contributed by atoms with Crippen LogP contribution >= 0.6 is 0 Å². The molecule has 0 saturated heterocycles. The Kier molecular flexibility index (Phi) is 4.10. The molecule has 0 bridgehead atoms. The number of benzene rings is 2. The van der Waals surface area contributed by atoms with Crippen LogP contribution in [0.4, 0.5) is 5.69 Å². The molecular formula is C21H21N3O. The highest BCUT2D eigenvalue weighted by Gasteiger charge is 2.23. The minimum absolute atomic E-state index is 0.115. The molecule has 0 aliphatic heterocycles. The van der Waals surface area contributed by atoms with Crippen molar-refractivity contribution in [2.24, 2.45) is 0 Å². The van der Waals surface area contributed by atoms with E-state index in [2.05, 4.69) is 34.7 Å². The molecule has 1 aromatic heterocycles. The van der Waals surface area contributed by atoms with Crippen LogP contribution in [0, 0.1) is 6.92 Å². The lowest BCUT2D eigenvalue weighted by molar-refractivity contribution is 0.102. The summed E-state index contributed by atoms with van der Waals surface area (Å²) in [5.74, 6) is 0.610. The predicted octanol–water partition coefficient (Wildman–Crippen LogP) is 4.37. The first-order valence-corrected chi connectivity index (χ1v) is 8.68. The number of carbonyl (C=O) groups excluding carboxylic acids is 1. The van der Waals surface area contributed by atoms with Gasteiger partial charge in [0.25, 0.3) is 5.91 Å². The van der Waals surface area contributed by atoms with Gasteiger partial charge in [-0.05, 0) is 48.9 Å². The standard InChI is InChI=1S/C21H21N3O/c1-15-20(13-22-24(15)14-16-5-3-2-4-6-16)21(25)23-19-11-9-18(10-12-19)17-7-8-17/h2-6,9-13,17H,7-8,14H2,1H3,(H,23,25). The monoisotopic (exact) mass is 331 g/mol. The summed E-state index contributed by atoms with van der Waals surface area (Å²) in [4.78, 5) is 12.6. The number of rotatable bonds is 5. The summed E-state index contributed by atoms with van der Waals surface area (Å²) in [5, 5.41) is 7.35. The van der Waals surface area contributed by atoms with E-state index in [-0.39, 0.29) is 5.91 Å². The molecule has 1 heterocycles. The molecule has 4 heteroatoms. The molecule has 1 amide bonds. The zero-order valence-corrected chi connectivity index (χ0v) is 14.3. The maximum Gasteiger partial charge on any atom is 0.259 e. The topological polar surface area (TPSA) is 46.9 Å². The van der Waals surface area contributed by atoms with Crippen molar-refractivity contribution in [1.82, 2.24) is 9.78 Å². The van der Waals surface area contributed by atoms with Crippen LogP contribution < -0.4 is 5.32 Å². The molecule has 126 valence electrons. The summed E-state index contributed by atoms with van der Waals surface area (Å²) >= 11 is 0. The van der Waals surface area contributed by atoms with Crippen molar-refractivity contribution in [1.29, 1.82) is 0 Å². The summed E-state index contributed by atoms with van der Waals surface area (Å²) in [6.07, 6.45) is 4.21. The van der Waals surface area contributed by atoms with Gasteiger partial charge in [-0.2, -0.15) is 5.10 Å². The quantitative estimate of drug-likeness (QED) is 0.754. The number of aromatic nitrogens is 2. The Morgan fingerprint density at radius 3 is 2.52 bits per heavy atom. The third kappa shape index (κ3) is 3.48. The van der Waals surface area contributed by atoms with E-state index in [1.54, 1.807) is 6.20 Å². The number of nitrogens with zero attached hydrogens (tertiary/aromatic N) is 2. The van der Waals surface area contributed by atoms with Crippen molar-refractivity contribution in [3.8, 4) is 0 Å². The molecule has 1 saturated carbocycles. The van der Waals surface area contributed by atoms with Gasteiger partial charge in [-0.1, -0.05) is 42.5 Å². The normalized spacial score (nSPS) is 13.6. The minimum Gasteiger partial charge on any atom is -0.322 e.